The highest BCUT2D eigenvalue weighted by Crippen LogP contribution is 2.25. The van der Waals surface area contributed by atoms with Gasteiger partial charge < -0.3 is 10.9 Å². The van der Waals surface area contributed by atoms with Gasteiger partial charge in [0.25, 0.3) is 10.0 Å². The number of benzene rings is 1. The molecule has 4 N–H and O–H groups in total. The number of nitrogens with one attached hydrogen (secondary N) is 1. The first-order valence-corrected chi connectivity index (χ1v) is 6.69. The van der Waals surface area contributed by atoms with E-state index in [0.29, 0.717) is 5.56 Å². The van der Waals surface area contributed by atoms with Gasteiger partial charge in [-0.25, -0.2) is 8.42 Å². The largest absolute Gasteiger partial charge is 0.409 e. The highest BCUT2D eigenvalue weighted by Gasteiger charge is 2.24. The molecule has 0 unspecified atom stereocenters. The number of halogens is 3. The van der Waals surface area contributed by atoms with Crippen molar-refractivity contribution < 1.29 is 22.4 Å². The molecule has 6 nitrogen and oxygen atoms in total. The van der Waals surface area contributed by atoms with Gasteiger partial charge in [0.05, 0.1) is 5.69 Å². The molecule has 0 aromatic heterocycles. The average Bonchev–Trinajstić information content (AvgIpc) is 2.30. The molecule has 18 heavy (non-hydrogen) atoms. The zero-order chi connectivity index (χ0) is 13.9. The van der Waals surface area contributed by atoms with Crippen molar-refractivity contribution in [1.82, 2.24) is 0 Å². The molecule has 1 aromatic rings. The number of oxime groups is 1. The van der Waals surface area contributed by atoms with E-state index in [1.54, 1.807) is 4.72 Å². The van der Waals surface area contributed by atoms with Crippen LogP contribution in [-0.2, 0) is 10.0 Å². The van der Waals surface area contributed by atoms with Gasteiger partial charge in [-0.1, -0.05) is 5.16 Å². The fourth-order valence-electron chi connectivity index (χ4n) is 1.01. The number of nitrogens with two attached hydrogens (primary N) is 1. The van der Waals surface area contributed by atoms with Crippen molar-refractivity contribution in [3.8, 4) is 0 Å². The van der Waals surface area contributed by atoms with Gasteiger partial charge in [0, 0.05) is 10.0 Å². The lowest BCUT2D eigenvalue weighted by atomic mass is 10.2. The van der Waals surface area contributed by atoms with Crippen molar-refractivity contribution in [2.75, 3.05) is 4.72 Å². The van der Waals surface area contributed by atoms with Crippen molar-refractivity contribution in [3.05, 3.63) is 28.2 Å². The van der Waals surface area contributed by atoms with Gasteiger partial charge >= 0.3 is 5.76 Å². The van der Waals surface area contributed by atoms with Gasteiger partial charge in [0.15, 0.2) is 5.84 Å². The Hall–Kier alpha value is -1.42. The molecule has 0 radical (unpaired) electrons. The minimum Gasteiger partial charge on any atom is -0.409 e. The molecule has 0 aliphatic carbocycles. The molecular formula is C8H8BrF2N3O3S. The van der Waals surface area contributed by atoms with Crippen LogP contribution in [0.2, 0.25) is 0 Å². The van der Waals surface area contributed by atoms with Crippen LogP contribution in [0.1, 0.15) is 5.56 Å². The van der Waals surface area contributed by atoms with Gasteiger partial charge in [-0.2, -0.15) is 8.78 Å². The second kappa shape index (κ2) is 5.48. The Balaban J connectivity index is 3.08. The number of nitrogens with zero attached hydrogens (tertiary/aromatic N) is 1. The minimum atomic E-state index is -4.74. The van der Waals surface area contributed by atoms with E-state index >= 15 is 0 Å². The first kappa shape index (κ1) is 14.6. The molecule has 1 rings (SSSR count). The third-order valence-electron chi connectivity index (χ3n) is 1.86. The summed E-state index contributed by atoms with van der Waals surface area (Å²) in [6.45, 7) is 0. The van der Waals surface area contributed by atoms with Crippen LogP contribution in [0, 0.1) is 0 Å². The SMILES string of the molecule is N/C(=N/O)c1ccc(NS(=O)(=O)C(F)F)c(Br)c1. The Morgan fingerprint density at radius 2 is 2.11 bits per heavy atom. The van der Waals surface area contributed by atoms with E-state index in [0.717, 1.165) is 0 Å². The number of hydrogen-bond acceptors (Lipinski definition) is 4. The van der Waals surface area contributed by atoms with Crippen LogP contribution in [0.3, 0.4) is 0 Å². The molecule has 1 aromatic carbocycles. The molecule has 0 atom stereocenters. The minimum absolute atomic E-state index is 0.0789. The van der Waals surface area contributed by atoms with Crippen LogP contribution < -0.4 is 10.5 Å². The van der Waals surface area contributed by atoms with Crippen molar-refractivity contribution in [3.63, 3.8) is 0 Å². The fourth-order valence-corrected chi connectivity index (χ4v) is 2.20. The average molecular weight is 344 g/mol. The molecule has 0 saturated heterocycles. The fraction of sp³-hybridized carbons (Fsp3) is 0.125. The van der Waals surface area contributed by atoms with E-state index in [2.05, 4.69) is 21.1 Å². The molecule has 0 heterocycles. The molecule has 0 spiro atoms. The number of rotatable bonds is 4. The second-order valence-corrected chi connectivity index (χ2v) is 5.59. The zero-order valence-corrected chi connectivity index (χ0v) is 11.0. The number of sulfonamides is 1. The van der Waals surface area contributed by atoms with Crippen LogP contribution in [0.5, 0.6) is 0 Å². The molecule has 0 aliphatic rings. The van der Waals surface area contributed by atoms with Crippen LogP contribution in [-0.4, -0.2) is 25.2 Å². The van der Waals surface area contributed by atoms with E-state index in [4.69, 9.17) is 10.9 Å². The van der Waals surface area contributed by atoms with Gasteiger partial charge in [0.1, 0.15) is 0 Å². The number of amidine groups is 1. The Morgan fingerprint density at radius 3 is 2.56 bits per heavy atom. The molecule has 0 fully saturated rings. The Bertz CT molecular complexity index is 577. The van der Waals surface area contributed by atoms with E-state index < -0.39 is 15.8 Å². The lowest BCUT2D eigenvalue weighted by Gasteiger charge is -2.09. The first-order valence-electron chi connectivity index (χ1n) is 4.35. The second-order valence-electron chi connectivity index (χ2n) is 3.09. The third kappa shape index (κ3) is 3.29. The standard InChI is InChI=1S/C8H8BrF2N3O3S/c9-5-3-4(7(12)13-15)1-2-6(5)14-18(16,17)8(10)11/h1-3,8,14-15H,(H2,12,13). The lowest BCUT2D eigenvalue weighted by molar-refractivity contribution is 0.236. The summed E-state index contributed by atoms with van der Waals surface area (Å²) in [6.07, 6.45) is 0. The summed E-state index contributed by atoms with van der Waals surface area (Å²) in [5.74, 6) is -3.73. The first-order chi connectivity index (χ1) is 8.27. The van der Waals surface area contributed by atoms with Gasteiger partial charge in [-0.05, 0) is 34.1 Å². The maximum absolute atomic E-state index is 12.2. The van der Waals surface area contributed by atoms with Gasteiger partial charge in [0.2, 0.25) is 0 Å². The normalized spacial score (nSPS) is 12.8. The summed E-state index contributed by atoms with van der Waals surface area (Å²) < 4.78 is 48.1. The molecule has 10 heteroatoms. The van der Waals surface area contributed by atoms with E-state index in [9.17, 15) is 17.2 Å². The van der Waals surface area contributed by atoms with Crippen molar-refractivity contribution >= 4 is 37.5 Å². The Labute approximate surface area is 110 Å². The van der Waals surface area contributed by atoms with Crippen LogP contribution in [0.25, 0.3) is 0 Å². The molecule has 0 aliphatic heterocycles. The van der Waals surface area contributed by atoms with Crippen LogP contribution in [0.15, 0.2) is 27.8 Å². The molecular weight excluding hydrogens is 336 g/mol. The monoisotopic (exact) mass is 343 g/mol. The molecule has 0 amide bonds. The summed E-state index contributed by atoms with van der Waals surface area (Å²) >= 11 is 2.98. The van der Waals surface area contributed by atoms with Crippen LogP contribution in [0.4, 0.5) is 14.5 Å². The van der Waals surface area contributed by atoms with Crippen molar-refractivity contribution in [2.24, 2.45) is 10.9 Å². The molecule has 0 saturated carbocycles. The van der Waals surface area contributed by atoms with Gasteiger partial charge in [-0.15, -0.1) is 0 Å². The summed E-state index contributed by atoms with van der Waals surface area (Å²) in [6, 6.07) is 3.83. The van der Waals surface area contributed by atoms with E-state index in [-0.39, 0.29) is 16.0 Å². The predicted octanol–water partition coefficient (Wildman–Crippen LogP) is 1.51. The smallest absolute Gasteiger partial charge is 0.355 e. The predicted molar refractivity (Wildman–Crippen MR) is 65.2 cm³/mol. The highest BCUT2D eigenvalue weighted by molar-refractivity contribution is 9.10. The molecule has 0 bridgehead atoms. The van der Waals surface area contributed by atoms with Crippen molar-refractivity contribution in [1.29, 1.82) is 0 Å². The summed E-state index contributed by atoms with van der Waals surface area (Å²) in [4.78, 5) is 0. The highest BCUT2D eigenvalue weighted by atomic mass is 79.9. The van der Waals surface area contributed by atoms with Gasteiger partial charge in [-0.3, -0.25) is 4.72 Å². The van der Waals surface area contributed by atoms with E-state index in [1.807, 2.05) is 0 Å². The Kier molecular flexibility index (Phi) is 4.46. The number of anilines is 1. The maximum Gasteiger partial charge on any atom is 0.355 e. The molecule has 100 valence electrons. The quantitative estimate of drug-likeness (QED) is 0.333. The summed E-state index contributed by atoms with van der Waals surface area (Å²) in [5.41, 5.74) is 5.53. The third-order valence-corrected chi connectivity index (χ3v) is 3.49. The zero-order valence-electron chi connectivity index (χ0n) is 8.64. The maximum atomic E-state index is 12.2. The number of hydrogen-bond donors (Lipinski definition) is 3. The lowest BCUT2D eigenvalue weighted by Crippen LogP contribution is -2.21. The topological polar surface area (TPSA) is 105 Å². The van der Waals surface area contributed by atoms with Crippen LogP contribution >= 0.6 is 15.9 Å². The van der Waals surface area contributed by atoms with E-state index in [1.165, 1.54) is 18.2 Å². The Morgan fingerprint density at radius 1 is 1.50 bits per heavy atom. The summed E-state index contributed by atoms with van der Waals surface area (Å²) in [7, 11) is -4.74. The van der Waals surface area contributed by atoms with Crippen molar-refractivity contribution in [2.45, 2.75) is 5.76 Å². The summed E-state index contributed by atoms with van der Waals surface area (Å²) in [5, 5.41) is 11.2. The number of alkyl halides is 2.